The molecule has 1 saturated heterocycles. The van der Waals surface area contributed by atoms with Crippen molar-refractivity contribution >= 4 is 0 Å². The van der Waals surface area contributed by atoms with Gasteiger partial charge in [-0.2, -0.15) is 0 Å². The minimum absolute atomic E-state index is 0.0734. The van der Waals surface area contributed by atoms with Gasteiger partial charge in [-0.3, -0.25) is 0 Å². The Morgan fingerprint density at radius 1 is 1.44 bits per heavy atom. The van der Waals surface area contributed by atoms with Gasteiger partial charge in [0, 0.05) is 26.1 Å². The monoisotopic (exact) mass is 221 g/mol. The van der Waals surface area contributed by atoms with Crippen molar-refractivity contribution in [3.8, 4) is 0 Å². The van der Waals surface area contributed by atoms with Crippen LogP contribution in [0.2, 0.25) is 0 Å². The lowest BCUT2D eigenvalue weighted by Gasteiger charge is -2.26. The van der Waals surface area contributed by atoms with Crippen molar-refractivity contribution in [3.05, 3.63) is 35.9 Å². The summed E-state index contributed by atoms with van der Waals surface area (Å²) in [6.07, 6.45) is 0.645. The number of aliphatic hydroxyl groups is 1. The van der Waals surface area contributed by atoms with Crippen LogP contribution in [0.25, 0.3) is 0 Å². The van der Waals surface area contributed by atoms with Crippen molar-refractivity contribution in [1.82, 2.24) is 5.32 Å². The predicted octanol–water partition coefficient (Wildman–Crippen LogP) is 1.32. The number of hydrogen-bond acceptors (Lipinski definition) is 3. The van der Waals surface area contributed by atoms with E-state index in [-0.39, 0.29) is 6.10 Å². The molecule has 0 aliphatic carbocycles. The van der Waals surface area contributed by atoms with Crippen molar-refractivity contribution in [2.45, 2.75) is 31.6 Å². The molecule has 88 valence electrons. The Hall–Kier alpha value is -0.900. The van der Waals surface area contributed by atoms with Gasteiger partial charge in [0.25, 0.3) is 0 Å². The first-order valence-corrected chi connectivity index (χ1v) is 5.79. The lowest BCUT2D eigenvalue weighted by Crippen LogP contribution is -2.45. The van der Waals surface area contributed by atoms with Gasteiger partial charge >= 0.3 is 0 Å². The zero-order valence-corrected chi connectivity index (χ0v) is 9.65. The molecule has 0 spiro atoms. The van der Waals surface area contributed by atoms with Gasteiger partial charge in [-0.15, -0.1) is 0 Å². The summed E-state index contributed by atoms with van der Waals surface area (Å²) in [7, 11) is 0. The maximum atomic E-state index is 10.3. The molecular weight excluding hydrogens is 202 g/mol. The van der Waals surface area contributed by atoms with Gasteiger partial charge in [-0.25, -0.2) is 0 Å². The van der Waals surface area contributed by atoms with Gasteiger partial charge < -0.3 is 15.2 Å². The lowest BCUT2D eigenvalue weighted by molar-refractivity contribution is -0.0262. The number of hydrogen-bond donors (Lipinski definition) is 2. The Morgan fingerprint density at radius 2 is 2.19 bits per heavy atom. The second-order valence-electron chi connectivity index (χ2n) is 4.46. The summed E-state index contributed by atoms with van der Waals surface area (Å²) < 4.78 is 5.38. The molecule has 0 bridgehead atoms. The lowest BCUT2D eigenvalue weighted by atomic mass is 9.96. The second-order valence-corrected chi connectivity index (χ2v) is 4.46. The van der Waals surface area contributed by atoms with Crippen molar-refractivity contribution in [2.24, 2.45) is 0 Å². The van der Waals surface area contributed by atoms with E-state index >= 15 is 0 Å². The molecule has 1 aliphatic rings. The fourth-order valence-corrected chi connectivity index (χ4v) is 2.02. The standard InChI is InChI=1S/C13H19NO2/c1-11-13(15,7-8-16-11)10-14-9-12-5-3-2-4-6-12/h2-6,11,14-15H,7-10H2,1H3/t11-,13+/m1/s1. The van der Waals surface area contributed by atoms with E-state index in [1.165, 1.54) is 5.56 Å². The van der Waals surface area contributed by atoms with E-state index < -0.39 is 5.60 Å². The van der Waals surface area contributed by atoms with Crippen LogP contribution in [-0.4, -0.2) is 30.0 Å². The first-order valence-electron chi connectivity index (χ1n) is 5.79. The fraction of sp³-hybridized carbons (Fsp3) is 0.538. The van der Waals surface area contributed by atoms with Crippen LogP contribution >= 0.6 is 0 Å². The maximum absolute atomic E-state index is 10.3. The van der Waals surface area contributed by atoms with Crippen molar-refractivity contribution in [2.75, 3.05) is 13.2 Å². The molecule has 0 radical (unpaired) electrons. The zero-order valence-electron chi connectivity index (χ0n) is 9.65. The average molecular weight is 221 g/mol. The third-order valence-corrected chi connectivity index (χ3v) is 3.26. The zero-order chi connectivity index (χ0) is 11.4. The highest BCUT2D eigenvalue weighted by Crippen LogP contribution is 2.24. The van der Waals surface area contributed by atoms with Crippen LogP contribution in [0.4, 0.5) is 0 Å². The van der Waals surface area contributed by atoms with Gasteiger partial charge in [0.05, 0.1) is 6.10 Å². The molecule has 2 N–H and O–H groups in total. The highest BCUT2D eigenvalue weighted by Gasteiger charge is 2.38. The van der Waals surface area contributed by atoms with Crippen molar-refractivity contribution in [3.63, 3.8) is 0 Å². The molecule has 1 aliphatic heterocycles. The van der Waals surface area contributed by atoms with E-state index in [9.17, 15) is 5.11 Å². The van der Waals surface area contributed by atoms with Gasteiger partial charge in [0.1, 0.15) is 5.60 Å². The van der Waals surface area contributed by atoms with E-state index in [1.54, 1.807) is 0 Å². The third kappa shape index (κ3) is 2.61. The normalized spacial score (nSPS) is 29.5. The molecule has 0 saturated carbocycles. The summed E-state index contributed by atoms with van der Waals surface area (Å²) in [5, 5.41) is 13.5. The van der Waals surface area contributed by atoms with Crippen LogP contribution in [-0.2, 0) is 11.3 Å². The second kappa shape index (κ2) is 4.95. The molecule has 2 rings (SSSR count). The molecule has 0 unspecified atom stereocenters. The highest BCUT2D eigenvalue weighted by atomic mass is 16.5. The smallest absolute Gasteiger partial charge is 0.105 e. The van der Waals surface area contributed by atoms with E-state index in [1.807, 2.05) is 25.1 Å². The van der Waals surface area contributed by atoms with E-state index in [4.69, 9.17) is 4.74 Å². The van der Waals surface area contributed by atoms with Gasteiger partial charge in [-0.05, 0) is 12.5 Å². The summed E-state index contributed by atoms with van der Waals surface area (Å²) in [4.78, 5) is 0. The molecule has 3 nitrogen and oxygen atoms in total. The maximum Gasteiger partial charge on any atom is 0.105 e. The largest absolute Gasteiger partial charge is 0.386 e. The summed E-state index contributed by atoms with van der Waals surface area (Å²) in [5.41, 5.74) is 0.534. The molecule has 2 atom stereocenters. The summed E-state index contributed by atoms with van der Waals surface area (Å²) in [6, 6.07) is 10.2. The molecular formula is C13H19NO2. The molecule has 1 fully saturated rings. The minimum Gasteiger partial charge on any atom is -0.386 e. The van der Waals surface area contributed by atoms with Crippen LogP contribution in [0, 0.1) is 0 Å². The summed E-state index contributed by atoms with van der Waals surface area (Å²) in [5.74, 6) is 0. The first kappa shape index (κ1) is 11.6. The Kier molecular flexibility index (Phi) is 3.59. The van der Waals surface area contributed by atoms with Crippen LogP contribution in [0.1, 0.15) is 18.9 Å². The highest BCUT2D eigenvalue weighted by molar-refractivity contribution is 5.14. The van der Waals surface area contributed by atoms with Crippen LogP contribution in [0.5, 0.6) is 0 Å². The number of rotatable bonds is 4. The molecule has 0 aromatic heterocycles. The van der Waals surface area contributed by atoms with Gasteiger partial charge in [0.2, 0.25) is 0 Å². The van der Waals surface area contributed by atoms with Gasteiger partial charge in [0.15, 0.2) is 0 Å². The Balaban J connectivity index is 1.80. The van der Waals surface area contributed by atoms with Gasteiger partial charge in [-0.1, -0.05) is 30.3 Å². The number of benzene rings is 1. The van der Waals surface area contributed by atoms with Crippen molar-refractivity contribution in [1.29, 1.82) is 0 Å². The first-order chi connectivity index (χ1) is 7.71. The molecule has 1 aromatic rings. The molecule has 16 heavy (non-hydrogen) atoms. The Bertz CT molecular complexity index is 328. The van der Waals surface area contributed by atoms with E-state index in [2.05, 4.69) is 17.4 Å². The van der Waals surface area contributed by atoms with Crippen LogP contribution in [0.15, 0.2) is 30.3 Å². The molecule has 3 heteroatoms. The predicted molar refractivity (Wildman–Crippen MR) is 63.1 cm³/mol. The molecule has 0 amide bonds. The minimum atomic E-state index is -0.700. The summed E-state index contributed by atoms with van der Waals surface area (Å²) >= 11 is 0. The van der Waals surface area contributed by atoms with Crippen LogP contribution < -0.4 is 5.32 Å². The Labute approximate surface area is 96.4 Å². The summed E-state index contributed by atoms with van der Waals surface area (Å²) in [6.45, 7) is 3.96. The topological polar surface area (TPSA) is 41.5 Å². The third-order valence-electron chi connectivity index (χ3n) is 3.26. The van der Waals surface area contributed by atoms with Crippen molar-refractivity contribution < 1.29 is 9.84 Å². The SMILES string of the molecule is C[C@H]1OCC[C@]1(O)CNCc1ccccc1. The van der Waals surface area contributed by atoms with E-state index in [0.717, 1.165) is 13.0 Å². The van der Waals surface area contributed by atoms with E-state index in [0.29, 0.717) is 13.2 Å². The quantitative estimate of drug-likeness (QED) is 0.805. The molecule has 1 heterocycles. The number of nitrogens with one attached hydrogen (secondary N) is 1. The Morgan fingerprint density at radius 3 is 2.81 bits per heavy atom. The fourth-order valence-electron chi connectivity index (χ4n) is 2.02. The number of ether oxygens (including phenoxy) is 1. The average Bonchev–Trinajstić information content (AvgIpc) is 2.61. The molecule has 1 aromatic carbocycles. The van der Waals surface area contributed by atoms with Crippen LogP contribution in [0.3, 0.4) is 0 Å².